The molecule has 0 saturated heterocycles. The van der Waals surface area contributed by atoms with Gasteiger partial charge in [-0.2, -0.15) is 0 Å². The Morgan fingerprint density at radius 2 is 2.24 bits per heavy atom. The molecule has 1 aliphatic carbocycles. The number of carboxylic acid groups (broad SMARTS) is 1. The smallest absolute Gasteiger partial charge is 0.307 e. The summed E-state index contributed by atoms with van der Waals surface area (Å²) in [5.74, 6) is 0.414. The average Bonchev–Trinajstić information content (AvgIpc) is 3.07. The first-order valence-electron chi connectivity index (χ1n) is 7.68. The van der Waals surface area contributed by atoms with E-state index in [2.05, 4.69) is 23.4 Å². The minimum absolute atomic E-state index is 0.0137. The van der Waals surface area contributed by atoms with E-state index in [1.54, 1.807) is 12.4 Å². The molecule has 0 aliphatic heterocycles. The highest BCUT2D eigenvalue weighted by Gasteiger charge is 2.41. The molecule has 1 N–H and O–H groups in total. The molecule has 1 aliphatic rings. The van der Waals surface area contributed by atoms with Crippen LogP contribution in [0.3, 0.4) is 0 Å². The molecule has 112 valence electrons. The zero-order valence-corrected chi connectivity index (χ0v) is 12.5. The Bertz CT molecular complexity index is 665. The van der Waals surface area contributed by atoms with Crippen LogP contribution in [0.15, 0.2) is 18.5 Å². The number of hydrogen-bond donors (Lipinski definition) is 1. The number of imidazole rings is 1. The maximum Gasteiger partial charge on any atom is 0.307 e. The first-order chi connectivity index (χ1) is 10.2. The summed E-state index contributed by atoms with van der Waals surface area (Å²) < 4.78 is 2.15. The molecule has 3 rings (SSSR count). The van der Waals surface area contributed by atoms with Crippen molar-refractivity contribution in [2.75, 3.05) is 0 Å². The SMILES string of the molecule is CCC1CC(C(=O)O)C(c2nc3cnccc3n2CC)C1. The summed E-state index contributed by atoms with van der Waals surface area (Å²) in [4.78, 5) is 20.4. The summed E-state index contributed by atoms with van der Waals surface area (Å²) >= 11 is 0. The van der Waals surface area contributed by atoms with E-state index in [1.165, 1.54) is 0 Å². The van der Waals surface area contributed by atoms with E-state index in [9.17, 15) is 9.90 Å². The first-order valence-corrected chi connectivity index (χ1v) is 7.68. The lowest BCUT2D eigenvalue weighted by atomic mass is 9.95. The van der Waals surface area contributed by atoms with Crippen molar-refractivity contribution in [3.8, 4) is 0 Å². The second-order valence-corrected chi connectivity index (χ2v) is 5.88. The van der Waals surface area contributed by atoms with Gasteiger partial charge in [-0.15, -0.1) is 0 Å². The Morgan fingerprint density at radius 1 is 1.43 bits per heavy atom. The third kappa shape index (κ3) is 2.30. The minimum atomic E-state index is -0.691. The topological polar surface area (TPSA) is 68.0 Å². The van der Waals surface area contributed by atoms with E-state index in [1.807, 2.05) is 6.07 Å². The van der Waals surface area contributed by atoms with Crippen LogP contribution in [0.5, 0.6) is 0 Å². The van der Waals surface area contributed by atoms with Gasteiger partial charge >= 0.3 is 5.97 Å². The number of carbonyl (C=O) groups is 1. The van der Waals surface area contributed by atoms with Crippen molar-refractivity contribution in [1.82, 2.24) is 14.5 Å². The number of nitrogens with zero attached hydrogens (tertiary/aromatic N) is 3. The van der Waals surface area contributed by atoms with Crippen LogP contribution in [0.25, 0.3) is 11.0 Å². The summed E-state index contributed by atoms with van der Waals surface area (Å²) in [5.41, 5.74) is 1.91. The molecule has 21 heavy (non-hydrogen) atoms. The molecule has 3 unspecified atom stereocenters. The quantitative estimate of drug-likeness (QED) is 0.938. The number of aromatic nitrogens is 3. The molecule has 5 nitrogen and oxygen atoms in total. The van der Waals surface area contributed by atoms with E-state index in [0.29, 0.717) is 5.92 Å². The third-order valence-corrected chi connectivity index (χ3v) is 4.78. The number of pyridine rings is 1. The van der Waals surface area contributed by atoms with Crippen LogP contribution < -0.4 is 0 Å². The number of hydrogen-bond acceptors (Lipinski definition) is 3. The zero-order chi connectivity index (χ0) is 15.0. The van der Waals surface area contributed by atoms with Crippen molar-refractivity contribution in [3.05, 3.63) is 24.3 Å². The summed E-state index contributed by atoms with van der Waals surface area (Å²) in [5, 5.41) is 9.55. The second-order valence-electron chi connectivity index (χ2n) is 5.88. The lowest BCUT2D eigenvalue weighted by molar-refractivity contribution is -0.142. The first kappa shape index (κ1) is 14.0. The van der Waals surface area contributed by atoms with Crippen LogP contribution in [0.4, 0.5) is 0 Å². The van der Waals surface area contributed by atoms with E-state index in [-0.39, 0.29) is 11.8 Å². The molecule has 0 bridgehead atoms. The minimum Gasteiger partial charge on any atom is -0.481 e. The van der Waals surface area contributed by atoms with Gasteiger partial charge < -0.3 is 9.67 Å². The molecular formula is C16H21N3O2. The lowest BCUT2D eigenvalue weighted by Crippen LogP contribution is -2.20. The van der Waals surface area contributed by atoms with Crippen LogP contribution in [0.1, 0.15) is 44.9 Å². The molecule has 0 radical (unpaired) electrons. The van der Waals surface area contributed by atoms with E-state index in [0.717, 1.165) is 42.7 Å². The van der Waals surface area contributed by atoms with Crippen molar-refractivity contribution in [2.45, 2.75) is 45.6 Å². The van der Waals surface area contributed by atoms with Gasteiger partial charge in [0.15, 0.2) is 0 Å². The third-order valence-electron chi connectivity index (χ3n) is 4.78. The van der Waals surface area contributed by atoms with Crippen molar-refractivity contribution in [2.24, 2.45) is 11.8 Å². The predicted molar refractivity (Wildman–Crippen MR) is 80.1 cm³/mol. The standard InChI is InChI=1S/C16H21N3O2/c1-3-10-7-11(12(8-10)16(20)21)15-18-13-9-17-6-5-14(13)19(15)4-2/h5-6,9-12H,3-4,7-8H2,1-2H3,(H,20,21). The van der Waals surface area contributed by atoms with Crippen molar-refractivity contribution in [3.63, 3.8) is 0 Å². The maximum absolute atomic E-state index is 11.6. The normalized spacial score (nSPS) is 25.5. The molecule has 0 aromatic carbocycles. The average molecular weight is 287 g/mol. The molecular weight excluding hydrogens is 266 g/mol. The van der Waals surface area contributed by atoms with Gasteiger partial charge in [0.25, 0.3) is 0 Å². The Balaban J connectivity index is 2.08. The highest BCUT2D eigenvalue weighted by molar-refractivity contribution is 5.76. The molecule has 0 amide bonds. The fraction of sp³-hybridized carbons (Fsp3) is 0.562. The molecule has 5 heteroatoms. The van der Waals surface area contributed by atoms with Crippen molar-refractivity contribution in [1.29, 1.82) is 0 Å². The van der Waals surface area contributed by atoms with Gasteiger partial charge in [0.05, 0.1) is 17.6 Å². The predicted octanol–water partition coefficient (Wildman–Crippen LogP) is 3.06. The van der Waals surface area contributed by atoms with Gasteiger partial charge in [0, 0.05) is 18.7 Å². The second kappa shape index (κ2) is 5.47. The number of aryl methyl sites for hydroxylation is 1. The summed E-state index contributed by atoms with van der Waals surface area (Å²) in [6.07, 6.45) is 6.24. The Labute approximate surface area is 124 Å². The summed E-state index contributed by atoms with van der Waals surface area (Å²) in [6.45, 7) is 5.02. The van der Waals surface area contributed by atoms with E-state index < -0.39 is 5.97 Å². The molecule has 2 aromatic rings. The lowest BCUT2D eigenvalue weighted by Gasteiger charge is -2.16. The van der Waals surface area contributed by atoms with Crippen molar-refractivity contribution >= 4 is 17.0 Å². The molecule has 2 heterocycles. The fourth-order valence-corrected chi connectivity index (χ4v) is 3.65. The molecule has 0 spiro atoms. The number of aliphatic carboxylic acids is 1. The van der Waals surface area contributed by atoms with Gasteiger partial charge in [-0.3, -0.25) is 9.78 Å². The van der Waals surface area contributed by atoms with Crippen LogP contribution in [0.2, 0.25) is 0 Å². The van der Waals surface area contributed by atoms with Gasteiger partial charge in [-0.1, -0.05) is 13.3 Å². The monoisotopic (exact) mass is 287 g/mol. The largest absolute Gasteiger partial charge is 0.481 e. The highest BCUT2D eigenvalue weighted by atomic mass is 16.4. The number of rotatable bonds is 4. The maximum atomic E-state index is 11.6. The van der Waals surface area contributed by atoms with E-state index >= 15 is 0 Å². The molecule has 1 saturated carbocycles. The Hall–Kier alpha value is -1.91. The molecule has 2 aromatic heterocycles. The zero-order valence-electron chi connectivity index (χ0n) is 12.5. The van der Waals surface area contributed by atoms with E-state index in [4.69, 9.17) is 4.98 Å². The van der Waals surface area contributed by atoms with Crippen molar-refractivity contribution < 1.29 is 9.90 Å². The van der Waals surface area contributed by atoms with Crippen LogP contribution in [0, 0.1) is 11.8 Å². The number of carboxylic acids is 1. The highest BCUT2D eigenvalue weighted by Crippen LogP contribution is 2.44. The fourth-order valence-electron chi connectivity index (χ4n) is 3.65. The van der Waals surface area contributed by atoms with Gasteiger partial charge in [0.1, 0.15) is 11.3 Å². The summed E-state index contributed by atoms with van der Waals surface area (Å²) in [6, 6.07) is 1.96. The van der Waals surface area contributed by atoms with Crippen LogP contribution in [-0.2, 0) is 11.3 Å². The number of fused-ring (bicyclic) bond motifs is 1. The van der Waals surface area contributed by atoms with Gasteiger partial charge in [0.2, 0.25) is 0 Å². The Morgan fingerprint density at radius 3 is 2.90 bits per heavy atom. The Kier molecular flexibility index (Phi) is 3.66. The summed E-state index contributed by atoms with van der Waals surface area (Å²) in [7, 11) is 0. The van der Waals surface area contributed by atoms with Crippen LogP contribution >= 0.6 is 0 Å². The molecule has 3 atom stereocenters. The van der Waals surface area contributed by atoms with Crippen LogP contribution in [-0.4, -0.2) is 25.6 Å². The molecule has 1 fully saturated rings. The van der Waals surface area contributed by atoms with Gasteiger partial charge in [-0.05, 0) is 31.7 Å². The van der Waals surface area contributed by atoms with Gasteiger partial charge in [-0.25, -0.2) is 4.98 Å².